The molecule has 0 spiro atoms. The zero-order valence-electron chi connectivity index (χ0n) is 10.3. The maximum absolute atomic E-state index is 4.41. The van der Waals surface area contributed by atoms with Crippen LogP contribution in [0.1, 0.15) is 27.8 Å². The number of aryl methyl sites for hydroxylation is 3. The van der Waals surface area contributed by atoms with Gasteiger partial charge in [0.2, 0.25) is 0 Å². The number of hydrogen-bond acceptors (Lipinski definition) is 4. The summed E-state index contributed by atoms with van der Waals surface area (Å²) < 4.78 is 0. The van der Waals surface area contributed by atoms with Gasteiger partial charge in [0.05, 0.1) is 10.7 Å². The van der Waals surface area contributed by atoms with E-state index in [4.69, 9.17) is 0 Å². The van der Waals surface area contributed by atoms with E-state index in [0.29, 0.717) is 0 Å². The number of H-pyrrole nitrogens is 1. The average Bonchev–Trinajstić information content (AvgIpc) is 2.89. The first-order chi connectivity index (χ1) is 8.25. The summed E-state index contributed by atoms with van der Waals surface area (Å²) in [5, 5.41) is 4.60. The highest BCUT2D eigenvalue weighted by molar-refractivity contribution is 7.11. The molecule has 2 rings (SSSR count). The van der Waals surface area contributed by atoms with Crippen LogP contribution in [0, 0.1) is 13.8 Å². The molecule has 0 aliphatic heterocycles. The van der Waals surface area contributed by atoms with E-state index in [1.165, 1.54) is 4.88 Å². The van der Waals surface area contributed by atoms with Crippen molar-refractivity contribution < 1.29 is 0 Å². The first kappa shape index (κ1) is 12.3. The van der Waals surface area contributed by atoms with Crippen LogP contribution in [0.15, 0.2) is 12.4 Å². The number of imidazole rings is 1. The van der Waals surface area contributed by atoms with Crippen LogP contribution in [0.4, 0.5) is 0 Å². The summed E-state index contributed by atoms with van der Waals surface area (Å²) in [6.07, 6.45) is 5.77. The maximum Gasteiger partial charge on any atom is 0.106 e. The molecule has 0 radical (unpaired) electrons. The Hall–Kier alpha value is -1.20. The predicted molar refractivity (Wildman–Crippen MR) is 70.2 cm³/mol. The topological polar surface area (TPSA) is 53.6 Å². The summed E-state index contributed by atoms with van der Waals surface area (Å²) in [6, 6.07) is 0. The molecule has 0 saturated carbocycles. The van der Waals surface area contributed by atoms with Gasteiger partial charge in [-0.05, 0) is 26.8 Å². The molecule has 2 heterocycles. The molecule has 92 valence electrons. The minimum absolute atomic E-state index is 0.926. The average molecular weight is 250 g/mol. The van der Waals surface area contributed by atoms with Gasteiger partial charge in [-0.15, -0.1) is 11.3 Å². The van der Waals surface area contributed by atoms with Crippen LogP contribution in [0.2, 0.25) is 0 Å². The highest BCUT2D eigenvalue weighted by Crippen LogP contribution is 2.16. The second-order valence-electron chi connectivity index (χ2n) is 4.06. The molecule has 5 heteroatoms. The van der Waals surface area contributed by atoms with Gasteiger partial charge in [0.25, 0.3) is 0 Å². The zero-order valence-corrected chi connectivity index (χ0v) is 11.1. The lowest BCUT2D eigenvalue weighted by Gasteiger charge is -2.02. The molecule has 0 unspecified atom stereocenters. The Labute approximate surface area is 106 Å². The molecule has 4 nitrogen and oxygen atoms in total. The van der Waals surface area contributed by atoms with Gasteiger partial charge in [0.1, 0.15) is 5.82 Å². The molecule has 17 heavy (non-hydrogen) atoms. The molecule has 0 fully saturated rings. The van der Waals surface area contributed by atoms with Gasteiger partial charge in [-0.3, -0.25) is 0 Å². The normalized spacial score (nSPS) is 10.9. The van der Waals surface area contributed by atoms with Crippen LogP contribution < -0.4 is 5.32 Å². The minimum atomic E-state index is 0.926. The molecule has 2 aromatic heterocycles. The van der Waals surface area contributed by atoms with Crippen molar-refractivity contribution in [2.75, 3.05) is 6.54 Å². The number of aromatic amines is 1. The van der Waals surface area contributed by atoms with Crippen LogP contribution in [-0.2, 0) is 13.0 Å². The molecule has 0 aliphatic rings. The Morgan fingerprint density at radius 1 is 1.41 bits per heavy atom. The van der Waals surface area contributed by atoms with Crippen molar-refractivity contribution >= 4 is 11.3 Å². The lowest BCUT2D eigenvalue weighted by atomic mass is 10.3. The smallest absolute Gasteiger partial charge is 0.106 e. The van der Waals surface area contributed by atoms with Gasteiger partial charge in [-0.25, -0.2) is 9.97 Å². The lowest BCUT2D eigenvalue weighted by Crippen LogP contribution is -2.15. The molecular weight excluding hydrogens is 232 g/mol. The summed E-state index contributed by atoms with van der Waals surface area (Å²) in [5.41, 5.74) is 1.16. The second-order valence-corrected chi connectivity index (χ2v) is 5.35. The number of nitrogens with zero attached hydrogens (tertiary/aromatic N) is 2. The zero-order chi connectivity index (χ0) is 12.1. The second kappa shape index (κ2) is 5.93. The first-order valence-electron chi connectivity index (χ1n) is 5.87. The van der Waals surface area contributed by atoms with E-state index in [-0.39, 0.29) is 0 Å². The maximum atomic E-state index is 4.41. The van der Waals surface area contributed by atoms with Gasteiger partial charge in [0, 0.05) is 30.2 Å². The van der Waals surface area contributed by atoms with Crippen molar-refractivity contribution in [3.8, 4) is 0 Å². The fourth-order valence-corrected chi connectivity index (χ4v) is 2.66. The van der Waals surface area contributed by atoms with E-state index in [0.717, 1.165) is 42.5 Å². The highest BCUT2D eigenvalue weighted by atomic mass is 32.1. The summed E-state index contributed by atoms with van der Waals surface area (Å²) in [6.45, 7) is 6.06. The van der Waals surface area contributed by atoms with Crippen molar-refractivity contribution in [2.24, 2.45) is 0 Å². The SMILES string of the molecule is Cc1nc(C)c(CNCCCc2ncc[nH]2)s1. The molecule has 2 aromatic rings. The fraction of sp³-hybridized carbons (Fsp3) is 0.500. The van der Waals surface area contributed by atoms with Crippen LogP contribution >= 0.6 is 11.3 Å². The van der Waals surface area contributed by atoms with E-state index in [2.05, 4.69) is 34.1 Å². The number of rotatable bonds is 6. The number of aromatic nitrogens is 3. The van der Waals surface area contributed by atoms with Crippen LogP contribution in [0.3, 0.4) is 0 Å². The predicted octanol–water partition coefficient (Wildman–Crippen LogP) is 2.21. The van der Waals surface area contributed by atoms with E-state index >= 15 is 0 Å². The van der Waals surface area contributed by atoms with Crippen LogP contribution in [0.5, 0.6) is 0 Å². The van der Waals surface area contributed by atoms with Crippen molar-refractivity contribution in [3.63, 3.8) is 0 Å². The molecule has 0 amide bonds. The van der Waals surface area contributed by atoms with Gasteiger partial charge in [-0.2, -0.15) is 0 Å². The van der Waals surface area contributed by atoms with Crippen LogP contribution in [-0.4, -0.2) is 21.5 Å². The minimum Gasteiger partial charge on any atom is -0.349 e. The summed E-state index contributed by atoms with van der Waals surface area (Å²) >= 11 is 1.78. The fourth-order valence-electron chi connectivity index (χ4n) is 1.75. The largest absolute Gasteiger partial charge is 0.349 e. The Morgan fingerprint density at radius 3 is 2.94 bits per heavy atom. The summed E-state index contributed by atoms with van der Waals surface area (Å²) in [7, 11) is 0. The Morgan fingerprint density at radius 2 is 2.29 bits per heavy atom. The van der Waals surface area contributed by atoms with E-state index in [1.807, 2.05) is 6.20 Å². The number of hydrogen-bond donors (Lipinski definition) is 2. The monoisotopic (exact) mass is 250 g/mol. The molecule has 0 aliphatic carbocycles. The summed E-state index contributed by atoms with van der Waals surface area (Å²) in [5.74, 6) is 1.07. The van der Waals surface area contributed by atoms with E-state index in [1.54, 1.807) is 17.5 Å². The molecule has 0 atom stereocenters. The Balaban J connectivity index is 1.65. The van der Waals surface area contributed by atoms with Crippen molar-refractivity contribution in [1.29, 1.82) is 0 Å². The van der Waals surface area contributed by atoms with Crippen molar-refractivity contribution in [2.45, 2.75) is 33.2 Å². The lowest BCUT2D eigenvalue weighted by molar-refractivity contribution is 0.643. The third-order valence-electron chi connectivity index (χ3n) is 2.61. The molecule has 2 N–H and O–H groups in total. The Bertz CT molecular complexity index is 447. The van der Waals surface area contributed by atoms with Gasteiger partial charge >= 0.3 is 0 Å². The first-order valence-corrected chi connectivity index (χ1v) is 6.69. The van der Waals surface area contributed by atoms with Crippen molar-refractivity contribution in [3.05, 3.63) is 33.8 Å². The van der Waals surface area contributed by atoms with Gasteiger partial charge in [-0.1, -0.05) is 0 Å². The molecule has 0 aromatic carbocycles. The highest BCUT2D eigenvalue weighted by Gasteiger charge is 2.03. The quantitative estimate of drug-likeness (QED) is 0.773. The number of nitrogens with one attached hydrogen (secondary N) is 2. The summed E-state index contributed by atoms with van der Waals surface area (Å²) in [4.78, 5) is 13.1. The third kappa shape index (κ3) is 3.64. The Kier molecular flexibility index (Phi) is 4.28. The number of thiazole rings is 1. The molecule has 0 bridgehead atoms. The van der Waals surface area contributed by atoms with E-state index < -0.39 is 0 Å². The van der Waals surface area contributed by atoms with E-state index in [9.17, 15) is 0 Å². The standard InChI is InChI=1S/C12H18N4S/c1-9-11(17-10(2)16-9)8-13-5-3-4-12-14-6-7-15-12/h6-7,13H,3-5,8H2,1-2H3,(H,14,15). The molecular formula is C12H18N4S. The van der Waals surface area contributed by atoms with Crippen LogP contribution in [0.25, 0.3) is 0 Å². The third-order valence-corrected chi connectivity index (χ3v) is 3.68. The van der Waals surface area contributed by atoms with Gasteiger partial charge in [0.15, 0.2) is 0 Å². The molecule has 0 saturated heterocycles. The van der Waals surface area contributed by atoms with Gasteiger partial charge < -0.3 is 10.3 Å². The van der Waals surface area contributed by atoms with Crippen molar-refractivity contribution in [1.82, 2.24) is 20.3 Å².